The fourth-order valence-electron chi connectivity index (χ4n) is 2.98. The Morgan fingerprint density at radius 1 is 1.35 bits per heavy atom. The van der Waals surface area contributed by atoms with Crippen molar-refractivity contribution in [3.63, 3.8) is 0 Å². The highest BCUT2D eigenvalue weighted by atomic mass is 32.1. The Balaban J connectivity index is 2.01. The van der Waals surface area contributed by atoms with E-state index in [-0.39, 0.29) is 11.9 Å². The first-order valence-electron chi connectivity index (χ1n) is 7.80. The number of carbonyl (C=O) groups is 1. The number of aryl methyl sites for hydroxylation is 1. The van der Waals surface area contributed by atoms with E-state index in [4.69, 9.17) is 0 Å². The molecule has 0 spiro atoms. The molecule has 1 heterocycles. The number of likely N-dealkylation sites (N-methyl/N-ethyl adjacent to an activating group) is 1. The van der Waals surface area contributed by atoms with Crippen molar-refractivity contribution in [2.45, 2.75) is 64.0 Å². The Morgan fingerprint density at radius 3 is 2.65 bits per heavy atom. The molecule has 1 aromatic heterocycles. The zero-order valence-corrected chi connectivity index (χ0v) is 13.4. The second-order valence-electron chi connectivity index (χ2n) is 5.58. The van der Waals surface area contributed by atoms with Crippen LogP contribution in [0, 0.1) is 0 Å². The van der Waals surface area contributed by atoms with E-state index >= 15 is 0 Å². The summed E-state index contributed by atoms with van der Waals surface area (Å²) in [7, 11) is 1.87. The Bertz CT molecular complexity index is 422. The molecule has 3 nitrogen and oxygen atoms in total. The van der Waals surface area contributed by atoms with Crippen molar-refractivity contribution in [1.82, 2.24) is 10.6 Å². The van der Waals surface area contributed by atoms with E-state index in [9.17, 15) is 4.79 Å². The van der Waals surface area contributed by atoms with Gasteiger partial charge in [0.05, 0.1) is 0 Å². The van der Waals surface area contributed by atoms with Crippen LogP contribution in [0.4, 0.5) is 0 Å². The van der Waals surface area contributed by atoms with Crippen molar-refractivity contribution in [1.29, 1.82) is 0 Å². The lowest BCUT2D eigenvalue weighted by atomic mass is 10.1. The monoisotopic (exact) mass is 294 g/mol. The van der Waals surface area contributed by atoms with E-state index in [1.807, 2.05) is 7.05 Å². The van der Waals surface area contributed by atoms with Gasteiger partial charge in [-0.05, 0) is 43.3 Å². The van der Waals surface area contributed by atoms with E-state index in [1.165, 1.54) is 36.1 Å². The Labute approximate surface area is 126 Å². The van der Waals surface area contributed by atoms with Gasteiger partial charge in [0, 0.05) is 10.9 Å². The fourth-order valence-corrected chi connectivity index (χ4v) is 4.09. The molecular weight excluding hydrogens is 268 g/mol. The molecule has 1 aliphatic carbocycles. The van der Waals surface area contributed by atoms with Gasteiger partial charge in [-0.2, -0.15) is 0 Å². The van der Waals surface area contributed by atoms with Gasteiger partial charge in [-0.1, -0.05) is 32.6 Å². The molecule has 1 amide bonds. The van der Waals surface area contributed by atoms with Gasteiger partial charge in [-0.25, -0.2) is 0 Å². The number of thiophene rings is 1. The smallest absolute Gasteiger partial charge is 0.242 e. The van der Waals surface area contributed by atoms with Crippen molar-refractivity contribution in [3.8, 4) is 0 Å². The van der Waals surface area contributed by atoms with E-state index in [0.29, 0.717) is 6.04 Å². The van der Waals surface area contributed by atoms with Crippen LogP contribution in [0.3, 0.4) is 0 Å². The van der Waals surface area contributed by atoms with Crippen LogP contribution in [0.25, 0.3) is 0 Å². The van der Waals surface area contributed by atoms with Crippen molar-refractivity contribution in [2.75, 3.05) is 7.05 Å². The van der Waals surface area contributed by atoms with Crippen LogP contribution in [-0.2, 0) is 11.2 Å². The summed E-state index contributed by atoms with van der Waals surface area (Å²) in [5.74, 6) is 0.136. The van der Waals surface area contributed by atoms with Crippen molar-refractivity contribution >= 4 is 17.2 Å². The SMILES string of the molecule is CCc1ccsc1C(NC)C(=O)NC1CCCCCC1. The number of hydrogen-bond acceptors (Lipinski definition) is 3. The molecule has 0 aromatic carbocycles. The molecule has 1 saturated carbocycles. The third kappa shape index (κ3) is 3.83. The van der Waals surface area contributed by atoms with Gasteiger partial charge in [0.1, 0.15) is 6.04 Å². The molecule has 112 valence electrons. The van der Waals surface area contributed by atoms with Gasteiger partial charge in [0.15, 0.2) is 0 Å². The summed E-state index contributed by atoms with van der Waals surface area (Å²) in [4.78, 5) is 13.7. The molecule has 1 atom stereocenters. The van der Waals surface area contributed by atoms with Crippen LogP contribution in [0.2, 0.25) is 0 Å². The minimum absolute atomic E-state index is 0.136. The lowest BCUT2D eigenvalue weighted by Gasteiger charge is -2.21. The molecule has 1 aliphatic rings. The first kappa shape index (κ1) is 15.5. The van der Waals surface area contributed by atoms with E-state index < -0.39 is 0 Å². The highest BCUT2D eigenvalue weighted by Gasteiger charge is 2.24. The average molecular weight is 294 g/mol. The molecule has 0 aliphatic heterocycles. The maximum atomic E-state index is 12.6. The normalized spacial score (nSPS) is 18.5. The van der Waals surface area contributed by atoms with Gasteiger partial charge < -0.3 is 10.6 Å². The van der Waals surface area contributed by atoms with Crippen molar-refractivity contribution in [3.05, 3.63) is 21.9 Å². The molecule has 4 heteroatoms. The summed E-state index contributed by atoms with van der Waals surface area (Å²) in [6, 6.07) is 2.29. The molecule has 0 saturated heterocycles. The predicted octanol–water partition coefficient (Wildman–Crippen LogP) is 3.41. The molecule has 0 bridgehead atoms. The summed E-state index contributed by atoms with van der Waals surface area (Å²) in [5.41, 5.74) is 1.28. The number of amides is 1. The van der Waals surface area contributed by atoms with Gasteiger partial charge in [-0.15, -0.1) is 11.3 Å². The largest absolute Gasteiger partial charge is 0.352 e. The lowest BCUT2D eigenvalue weighted by Crippen LogP contribution is -2.41. The van der Waals surface area contributed by atoms with Gasteiger partial charge >= 0.3 is 0 Å². The maximum Gasteiger partial charge on any atom is 0.242 e. The molecule has 1 aromatic rings. The van der Waals surface area contributed by atoms with Gasteiger partial charge in [-0.3, -0.25) is 4.79 Å². The highest BCUT2D eigenvalue weighted by Crippen LogP contribution is 2.26. The zero-order chi connectivity index (χ0) is 14.4. The topological polar surface area (TPSA) is 41.1 Å². The van der Waals surface area contributed by atoms with Crippen LogP contribution in [0.1, 0.15) is 61.9 Å². The molecule has 0 radical (unpaired) electrons. The van der Waals surface area contributed by atoms with Crippen molar-refractivity contribution in [2.24, 2.45) is 0 Å². The fraction of sp³-hybridized carbons (Fsp3) is 0.688. The summed E-state index contributed by atoms with van der Waals surface area (Å²) in [6.07, 6.45) is 8.36. The minimum Gasteiger partial charge on any atom is -0.352 e. The van der Waals surface area contributed by atoms with Crippen LogP contribution < -0.4 is 10.6 Å². The third-order valence-corrected chi connectivity index (χ3v) is 5.20. The minimum atomic E-state index is -0.201. The molecule has 20 heavy (non-hydrogen) atoms. The molecule has 2 N–H and O–H groups in total. The molecule has 2 rings (SSSR count). The van der Waals surface area contributed by atoms with Crippen LogP contribution in [0.5, 0.6) is 0 Å². The maximum absolute atomic E-state index is 12.6. The number of rotatable bonds is 5. The Morgan fingerprint density at radius 2 is 2.05 bits per heavy atom. The number of carbonyl (C=O) groups excluding carboxylic acids is 1. The van der Waals surface area contributed by atoms with Crippen LogP contribution >= 0.6 is 11.3 Å². The lowest BCUT2D eigenvalue weighted by molar-refractivity contribution is -0.123. The average Bonchev–Trinajstić information content (AvgIpc) is 2.76. The van der Waals surface area contributed by atoms with Crippen LogP contribution in [0.15, 0.2) is 11.4 Å². The number of nitrogens with one attached hydrogen (secondary N) is 2. The van der Waals surface area contributed by atoms with E-state index in [2.05, 4.69) is 29.0 Å². The quantitative estimate of drug-likeness (QED) is 0.817. The Hall–Kier alpha value is -0.870. The highest BCUT2D eigenvalue weighted by molar-refractivity contribution is 7.10. The van der Waals surface area contributed by atoms with Crippen molar-refractivity contribution < 1.29 is 4.79 Å². The zero-order valence-electron chi connectivity index (χ0n) is 12.6. The molecular formula is C16H26N2OS. The summed E-state index contributed by atoms with van der Waals surface area (Å²) in [5, 5.41) is 8.52. The first-order chi connectivity index (χ1) is 9.76. The predicted molar refractivity (Wildman–Crippen MR) is 85.1 cm³/mol. The molecule has 1 unspecified atom stereocenters. The number of hydrogen-bond donors (Lipinski definition) is 2. The first-order valence-corrected chi connectivity index (χ1v) is 8.68. The van der Waals surface area contributed by atoms with Gasteiger partial charge in [0.25, 0.3) is 0 Å². The van der Waals surface area contributed by atoms with E-state index in [0.717, 1.165) is 19.3 Å². The summed E-state index contributed by atoms with van der Waals surface area (Å²) in [6.45, 7) is 2.14. The summed E-state index contributed by atoms with van der Waals surface area (Å²) >= 11 is 1.68. The molecule has 1 fully saturated rings. The summed E-state index contributed by atoms with van der Waals surface area (Å²) < 4.78 is 0. The van der Waals surface area contributed by atoms with E-state index in [1.54, 1.807) is 11.3 Å². The Kier molecular flexibility index (Phi) is 6.05. The third-order valence-electron chi connectivity index (χ3n) is 4.18. The van der Waals surface area contributed by atoms with Crippen LogP contribution in [-0.4, -0.2) is 19.0 Å². The second-order valence-corrected chi connectivity index (χ2v) is 6.53. The second kappa shape index (κ2) is 7.79. The van der Waals surface area contributed by atoms with Gasteiger partial charge in [0.2, 0.25) is 5.91 Å². The standard InChI is InChI=1S/C16H26N2OS/c1-3-12-10-11-20-15(12)14(17-2)16(19)18-13-8-6-4-5-7-9-13/h10-11,13-14,17H,3-9H2,1-2H3,(H,18,19).